The maximum absolute atomic E-state index is 5.53. The van der Waals surface area contributed by atoms with Crippen LogP contribution in [0.2, 0.25) is 0 Å². The van der Waals surface area contributed by atoms with Gasteiger partial charge >= 0.3 is 0 Å². The van der Waals surface area contributed by atoms with Crippen molar-refractivity contribution in [1.29, 1.82) is 0 Å². The molecule has 0 saturated carbocycles. The molecule has 2 aromatic heterocycles. The highest BCUT2D eigenvalue weighted by atomic mass is 35.5. The zero-order valence-electron chi connectivity index (χ0n) is 9.73. The lowest BCUT2D eigenvalue weighted by Crippen LogP contribution is -1.95. The number of halogens is 2. The maximum atomic E-state index is 5.53. The first-order valence-corrected chi connectivity index (χ1v) is 4.36. The van der Waals surface area contributed by atoms with Gasteiger partial charge < -0.3 is 21.1 Å². The maximum Gasteiger partial charge on any atom is 0.137 e. The number of imidazole rings is 1. The van der Waals surface area contributed by atoms with Crippen molar-refractivity contribution in [3.63, 3.8) is 0 Å². The van der Waals surface area contributed by atoms with E-state index in [2.05, 4.69) is 35.4 Å². The molecule has 100 valence electrons. The van der Waals surface area contributed by atoms with Crippen molar-refractivity contribution >= 4 is 30.5 Å². The molecule has 17 heavy (non-hydrogen) atoms. The lowest BCUT2D eigenvalue weighted by molar-refractivity contribution is 0.823. The fourth-order valence-corrected chi connectivity index (χ4v) is 1.57. The molecule has 7 heteroatoms. The fraction of sp³-hybridized carbons (Fsp3) is 0.300. The Labute approximate surface area is 112 Å². The summed E-state index contributed by atoms with van der Waals surface area (Å²) in [5, 5.41) is 0. The van der Waals surface area contributed by atoms with Crippen LogP contribution in [0, 0.1) is 13.8 Å². The van der Waals surface area contributed by atoms with Gasteiger partial charge in [-0.25, -0.2) is 4.98 Å². The molecule has 2 rings (SSSR count). The van der Waals surface area contributed by atoms with Gasteiger partial charge in [-0.05, 0) is 31.5 Å². The summed E-state index contributed by atoms with van der Waals surface area (Å²) < 4.78 is 2.06. The van der Waals surface area contributed by atoms with E-state index in [9.17, 15) is 0 Å². The van der Waals surface area contributed by atoms with Crippen LogP contribution in [0.15, 0.2) is 18.3 Å². The molecular formula is C10H19Cl2N3O2. The lowest BCUT2D eigenvalue weighted by Gasteiger charge is -1.99. The molecule has 0 fully saturated rings. The van der Waals surface area contributed by atoms with Gasteiger partial charge in [0.2, 0.25) is 0 Å². The monoisotopic (exact) mass is 283 g/mol. The summed E-state index contributed by atoms with van der Waals surface area (Å²) in [4.78, 5) is 4.39. The molecule has 5 nitrogen and oxygen atoms in total. The molecule has 0 spiro atoms. The van der Waals surface area contributed by atoms with Crippen molar-refractivity contribution in [2.75, 3.05) is 0 Å². The van der Waals surface area contributed by atoms with Gasteiger partial charge in [0.15, 0.2) is 0 Å². The Hall–Kier alpha value is -0.850. The molecule has 0 atom stereocenters. The van der Waals surface area contributed by atoms with E-state index in [1.165, 1.54) is 11.3 Å². The first-order valence-electron chi connectivity index (χ1n) is 4.36. The van der Waals surface area contributed by atoms with Crippen molar-refractivity contribution in [3.8, 4) is 0 Å². The van der Waals surface area contributed by atoms with Crippen molar-refractivity contribution in [1.82, 2.24) is 9.38 Å². The molecule has 0 aliphatic heterocycles. The predicted octanol–water partition coefficient (Wildman–Crippen LogP) is 0.604. The van der Waals surface area contributed by atoms with E-state index in [0.29, 0.717) is 6.54 Å². The second-order valence-electron chi connectivity index (χ2n) is 3.34. The smallest absolute Gasteiger partial charge is 0.137 e. The van der Waals surface area contributed by atoms with Crippen LogP contribution in [0.3, 0.4) is 0 Å². The first-order chi connectivity index (χ1) is 6.20. The van der Waals surface area contributed by atoms with Crippen LogP contribution in [0.25, 0.3) is 5.65 Å². The lowest BCUT2D eigenvalue weighted by atomic mass is 10.2. The zero-order valence-corrected chi connectivity index (χ0v) is 11.4. The highest BCUT2D eigenvalue weighted by Gasteiger charge is 2.02. The van der Waals surface area contributed by atoms with E-state index in [-0.39, 0.29) is 35.8 Å². The third-order valence-corrected chi connectivity index (χ3v) is 2.17. The van der Waals surface area contributed by atoms with Gasteiger partial charge in [-0.1, -0.05) is 0 Å². The summed E-state index contributed by atoms with van der Waals surface area (Å²) in [5.74, 6) is 0. The van der Waals surface area contributed by atoms with Gasteiger partial charge in [-0.15, -0.1) is 24.8 Å². The van der Waals surface area contributed by atoms with Crippen molar-refractivity contribution in [2.45, 2.75) is 20.4 Å². The van der Waals surface area contributed by atoms with E-state index < -0.39 is 0 Å². The van der Waals surface area contributed by atoms with Crippen LogP contribution in [-0.4, -0.2) is 20.3 Å². The van der Waals surface area contributed by atoms with Crippen LogP contribution in [0.1, 0.15) is 17.0 Å². The van der Waals surface area contributed by atoms with E-state index in [1.54, 1.807) is 0 Å². The summed E-state index contributed by atoms with van der Waals surface area (Å²) >= 11 is 0. The molecular weight excluding hydrogens is 265 g/mol. The minimum Gasteiger partial charge on any atom is -0.412 e. The Morgan fingerprint density at radius 1 is 1.18 bits per heavy atom. The Morgan fingerprint density at radius 2 is 1.76 bits per heavy atom. The quantitative estimate of drug-likeness (QED) is 0.828. The molecule has 0 unspecified atom stereocenters. The van der Waals surface area contributed by atoms with Crippen molar-refractivity contribution < 1.29 is 11.0 Å². The molecule has 0 radical (unpaired) electrons. The number of fused-ring (bicyclic) bond motifs is 1. The number of pyridine rings is 1. The molecule has 0 saturated heterocycles. The second kappa shape index (κ2) is 8.27. The third-order valence-electron chi connectivity index (χ3n) is 2.17. The Bertz CT molecular complexity index is 460. The number of hydrogen-bond acceptors (Lipinski definition) is 2. The van der Waals surface area contributed by atoms with Gasteiger partial charge in [0, 0.05) is 18.4 Å². The van der Waals surface area contributed by atoms with E-state index in [0.717, 1.165) is 11.3 Å². The zero-order chi connectivity index (χ0) is 9.42. The summed E-state index contributed by atoms with van der Waals surface area (Å²) in [7, 11) is 0. The Balaban J connectivity index is -0.000000490. The SMILES string of the molecule is Cc1cc(C)n2cc(CN)nc2c1.Cl.Cl.O.O. The first kappa shape index (κ1) is 21.4. The standard InChI is InChI=1S/C10H13N3.2ClH.2H2O/c1-7-3-8(2)13-6-9(5-11)12-10(13)4-7;;;;/h3-4,6H,5,11H2,1-2H3;2*1H;2*1H2. The van der Waals surface area contributed by atoms with Crippen LogP contribution >= 0.6 is 24.8 Å². The normalized spacial score (nSPS) is 8.41. The van der Waals surface area contributed by atoms with E-state index >= 15 is 0 Å². The van der Waals surface area contributed by atoms with E-state index in [1.807, 2.05) is 6.20 Å². The number of hydrogen-bond donors (Lipinski definition) is 1. The van der Waals surface area contributed by atoms with Crippen LogP contribution in [0.4, 0.5) is 0 Å². The van der Waals surface area contributed by atoms with Gasteiger partial charge in [0.25, 0.3) is 0 Å². The average molecular weight is 284 g/mol. The number of aromatic nitrogens is 2. The second-order valence-corrected chi connectivity index (χ2v) is 3.34. The molecule has 0 aromatic carbocycles. The highest BCUT2D eigenvalue weighted by molar-refractivity contribution is 5.85. The number of rotatable bonds is 1. The molecule has 0 bridgehead atoms. The highest BCUT2D eigenvalue weighted by Crippen LogP contribution is 2.11. The fourth-order valence-electron chi connectivity index (χ4n) is 1.57. The van der Waals surface area contributed by atoms with Gasteiger partial charge in [-0.3, -0.25) is 0 Å². The third kappa shape index (κ3) is 4.14. The summed E-state index contributed by atoms with van der Waals surface area (Å²) in [6.07, 6.45) is 1.99. The molecule has 0 amide bonds. The van der Waals surface area contributed by atoms with Crippen LogP contribution in [-0.2, 0) is 6.54 Å². The minimum absolute atomic E-state index is 0. The molecule has 0 aliphatic carbocycles. The topological polar surface area (TPSA) is 106 Å². The summed E-state index contributed by atoms with van der Waals surface area (Å²) in [6, 6.07) is 4.20. The summed E-state index contributed by atoms with van der Waals surface area (Å²) in [5.41, 5.74) is 9.88. The molecule has 6 N–H and O–H groups in total. The molecule has 0 aliphatic rings. The number of nitrogens with zero attached hydrogens (tertiary/aromatic N) is 2. The Kier molecular flexibility index (Phi) is 10.4. The number of aryl methyl sites for hydroxylation is 2. The van der Waals surface area contributed by atoms with Crippen LogP contribution < -0.4 is 5.73 Å². The predicted molar refractivity (Wildman–Crippen MR) is 74.3 cm³/mol. The molecule has 2 aromatic rings. The largest absolute Gasteiger partial charge is 0.412 e. The van der Waals surface area contributed by atoms with Gasteiger partial charge in [0.1, 0.15) is 5.65 Å². The van der Waals surface area contributed by atoms with E-state index in [4.69, 9.17) is 5.73 Å². The Morgan fingerprint density at radius 3 is 2.29 bits per heavy atom. The van der Waals surface area contributed by atoms with Gasteiger partial charge in [0.05, 0.1) is 5.69 Å². The van der Waals surface area contributed by atoms with Crippen molar-refractivity contribution in [3.05, 3.63) is 35.3 Å². The minimum atomic E-state index is 0. The number of nitrogens with two attached hydrogens (primary N) is 1. The molecule has 2 heterocycles. The van der Waals surface area contributed by atoms with Gasteiger partial charge in [-0.2, -0.15) is 0 Å². The van der Waals surface area contributed by atoms with Crippen molar-refractivity contribution in [2.24, 2.45) is 5.73 Å². The summed E-state index contributed by atoms with van der Waals surface area (Å²) in [6.45, 7) is 4.64. The van der Waals surface area contributed by atoms with Crippen LogP contribution in [0.5, 0.6) is 0 Å². The average Bonchev–Trinajstić information content (AvgIpc) is 2.47.